The van der Waals surface area contributed by atoms with Crippen LogP contribution in [-0.2, 0) is 6.54 Å². The van der Waals surface area contributed by atoms with Crippen molar-refractivity contribution in [1.29, 1.82) is 0 Å². The lowest BCUT2D eigenvalue weighted by atomic mass is 9.78. The first-order valence-electron chi connectivity index (χ1n) is 10.2. The van der Waals surface area contributed by atoms with Crippen molar-refractivity contribution >= 4 is 11.8 Å². The van der Waals surface area contributed by atoms with Gasteiger partial charge in [0.15, 0.2) is 0 Å². The maximum absolute atomic E-state index is 14.0. The molecule has 156 valence electrons. The van der Waals surface area contributed by atoms with E-state index in [0.29, 0.717) is 13.1 Å². The number of carboxylic acid groups (broad SMARTS) is 1. The van der Waals surface area contributed by atoms with Crippen LogP contribution in [0.15, 0.2) is 48.5 Å². The normalized spacial score (nSPS) is 19.8. The van der Waals surface area contributed by atoms with E-state index in [0.717, 1.165) is 24.1 Å². The highest BCUT2D eigenvalue weighted by molar-refractivity contribution is 5.66. The summed E-state index contributed by atoms with van der Waals surface area (Å²) in [5.41, 5.74) is 3.03. The van der Waals surface area contributed by atoms with Gasteiger partial charge in [0, 0.05) is 30.9 Å². The Kier molecular flexibility index (Phi) is 6.15. The molecule has 2 aromatic rings. The van der Waals surface area contributed by atoms with Gasteiger partial charge in [-0.15, -0.1) is 0 Å². The average molecular weight is 399 g/mol. The van der Waals surface area contributed by atoms with Gasteiger partial charge in [0.25, 0.3) is 0 Å². The topological polar surface area (TPSA) is 43.8 Å². The summed E-state index contributed by atoms with van der Waals surface area (Å²) in [5.74, 6) is -0.258. The largest absolute Gasteiger partial charge is 0.465 e. The number of carbonyl (C=O) groups is 1. The zero-order valence-corrected chi connectivity index (χ0v) is 17.7. The van der Waals surface area contributed by atoms with Crippen molar-refractivity contribution in [2.45, 2.75) is 59.2 Å². The quantitative estimate of drug-likeness (QED) is 0.719. The first kappa shape index (κ1) is 21.2. The van der Waals surface area contributed by atoms with Crippen molar-refractivity contribution in [3.8, 4) is 0 Å². The van der Waals surface area contributed by atoms with Gasteiger partial charge < -0.3 is 14.9 Å². The van der Waals surface area contributed by atoms with Crippen LogP contribution in [0, 0.1) is 18.2 Å². The van der Waals surface area contributed by atoms with Crippen LogP contribution >= 0.6 is 0 Å². The number of hydrogen-bond donors (Lipinski definition) is 1. The van der Waals surface area contributed by atoms with Gasteiger partial charge in [-0.05, 0) is 48.9 Å². The first-order valence-corrected chi connectivity index (χ1v) is 10.2. The van der Waals surface area contributed by atoms with E-state index in [1.807, 2.05) is 6.07 Å². The second kappa shape index (κ2) is 8.44. The summed E-state index contributed by atoms with van der Waals surface area (Å²) >= 11 is 0. The highest BCUT2D eigenvalue weighted by Crippen LogP contribution is 2.36. The number of likely N-dealkylation sites (tertiary alicyclic amines) is 1. The van der Waals surface area contributed by atoms with Gasteiger partial charge in [0.2, 0.25) is 0 Å². The van der Waals surface area contributed by atoms with Gasteiger partial charge in [0.1, 0.15) is 5.82 Å². The van der Waals surface area contributed by atoms with Crippen molar-refractivity contribution in [2.75, 3.05) is 11.4 Å². The fraction of sp³-hybridized carbons (Fsp3) is 0.458. The Morgan fingerprint density at radius 1 is 1.21 bits per heavy atom. The van der Waals surface area contributed by atoms with Crippen LogP contribution in [0.5, 0.6) is 0 Å². The second-order valence-electron chi connectivity index (χ2n) is 9.13. The smallest absolute Gasteiger partial charge is 0.407 e. The Hall–Kier alpha value is -2.56. The van der Waals surface area contributed by atoms with Crippen LogP contribution in [0.25, 0.3) is 0 Å². The zero-order chi connectivity index (χ0) is 21.2. The maximum Gasteiger partial charge on any atom is 0.407 e. The van der Waals surface area contributed by atoms with Crippen LogP contribution in [0.4, 0.5) is 14.9 Å². The van der Waals surface area contributed by atoms with Crippen molar-refractivity contribution in [2.24, 2.45) is 5.41 Å². The summed E-state index contributed by atoms with van der Waals surface area (Å²) in [6.45, 7) is 9.47. The van der Waals surface area contributed by atoms with E-state index in [1.54, 1.807) is 17.0 Å². The molecule has 0 aliphatic carbocycles. The Bertz CT molecular complexity index is 845. The van der Waals surface area contributed by atoms with E-state index in [9.17, 15) is 14.3 Å². The maximum atomic E-state index is 14.0. The molecule has 1 aliphatic heterocycles. The minimum absolute atomic E-state index is 0.0900. The highest BCUT2D eigenvalue weighted by atomic mass is 19.1. The molecular weight excluding hydrogens is 367 g/mol. The van der Waals surface area contributed by atoms with Gasteiger partial charge >= 0.3 is 6.09 Å². The molecule has 1 N–H and O–H groups in total. The molecule has 2 atom stereocenters. The summed E-state index contributed by atoms with van der Waals surface area (Å²) in [6, 6.07) is 15.1. The molecule has 2 unspecified atom stereocenters. The summed E-state index contributed by atoms with van der Waals surface area (Å²) in [5, 5.41) is 9.67. The Morgan fingerprint density at radius 2 is 1.90 bits per heavy atom. The Labute approximate surface area is 173 Å². The fourth-order valence-corrected chi connectivity index (χ4v) is 4.26. The molecule has 1 fully saturated rings. The number of anilines is 1. The van der Waals surface area contributed by atoms with Crippen molar-refractivity contribution in [1.82, 2.24) is 4.90 Å². The van der Waals surface area contributed by atoms with Crippen molar-refractivity contribution < 1.29 is 14.3 Å². The first-order chi connectivity index (χ1) is 13.6. The third kappa shape index (κ3) is 5.08. The van der Waals surface area contributed by atoms with Crippen LogP contribution in [0.2, 0.25) is 0 Å². The molecule has 1 saturated heterocycles. The molecule has 2 aromatic carbocycles. The molecule has 0 radical (unpaired) electrons. The van der Waals surface area contributed by atoms with E-state index in [4.69, 9.17) is 0 Å². The minimum Gasteiger partial charge on any atom is -0.465 e. The molecule has 3 rings (SSSR count). The molecular formula is C24H31FN2O2. The van der Waals surface area contributed by atoms with Gasteiger partial charge in [0.05, 0.1) is 0 Å². The number of benzene rings is 2. The van der Waals surface area contributed by atoms with E-state index in [1.165, 1.54) is 11.6 Å². The lowest BCUT2D eigenvalue weighted by molar-refractivity contribution is 0.0520. The van der Waals surface area contributed by atoms with Crippen LogP contribution in [0.3, 0.4) is 0 Å². The van der Waals surface area contributed by atoms with E-state index < -0.39 is 6.09 Å². The Morgan fingerprint density at radius 3 is 2.48 bits per heavy atom. The summed E-state index contributed by atoms with van der Waals surface area (Å²) in [6.07, 6.45) is 0.582. The van der Waals surface area contributed by atoms with Gasteiger partial charge in [-0.25, -0.2) is 9.18 Å². The molecule has 29 heavy (non-hydrogen) atoms. The van der Waals surface area contributed by atoms with Crippen molar-refractivity contribution in [3.05, 3.63) is 65.5 Å². The number of halogens is 1. The lowest BCUT2D eigenvalue weighted by Gasteiger charge is -2.48. The standard InChI is InChI=1S/C24H31FN2O2/c1-17-8-10-18(11-9-17)16-27(20-7-5-6-19(25)14-20)21-12-13-26(23(28)29)22(15-21)24(2,3)4/h5-11,14,21-22H,12-13,15-16H2,1-4H3,(H,28,29). The van der Waals surface area contributed by atoms with Gasteiger partial charge in [-0.3, -0.25) is 0 Å². The zero-order valence-electron chi connectivity index (χ0n) is 17.7. The van der Waals surface area contributed by atoms with E-state index in [-0.39, 0.29) is 23.3 Å². The van der Waals surface area contributed by atoms with Gasteiger partial charge in [-0.2, -0.15) is 0 Å². The number of nitrogens with zero attached hydrogens (tertiary/aromatic N) is 2. The predicted molar refractivity (Wildman–Crippen MR) is 115 cm³/mol. The average Bonchev–Trinajstić information content (AvgIpc) is 2.66. The summed E-state index contributed by atoms with van der Waals surface area (Å²) < 4.78 is 14.0. The predicted octanol–water partition coefficient (Wildman–Crippen LogP) is 5.70. The van der Waals surface area contributed by atoms with Gasteiger partial charge in [-0.1, -0.05) is 56.7 Å². The molecule has 1 amide bonds. The summed E-state index contributed by atoms with van der Waals surface area (Å²) in [4.78, 5) is 15.6. The second-order valence-corrected chi connectivity index (χ2v) is 9.13. The highest BCUT2D eigenvalue weighted by Gasteiger charge is 2.40. The number of aryl methyl sites for hydroxylation is 1. The third-order valence-electron chi connectivity index (χ3n) is 5.87. The Balaban J connectivity index is 1.93. The lowest BCUT2D eigenvalue weighted by Crippen LogP contribution is -2.56. The van der Waals surface area contributed by atoms with E-state index >= 15 is 0 Å². The number of piperidine rings is 1. The number of rotatable bonds is 4. The van der Waals surface area contributed by atoms with Crippen LogP contribution in [0.1, 0.15) is 44.7 Å². The molecule has 1 aliphatic rings. The molecule has 0 saturated carbocycles. The van der Waals surface area contributed by atoms with Crippen LogP contribution < -0.4 is 4.90 Å². The SMILES string of the molecule is Cc1ccc(CN(c2cccc(F)c2)C2CCN(C(=O)O)C(C(C)(C)C)C2)cc1. The monoisotopic (exact) mass is 398 g/mol. The minimum atomic E-state index is -0.862. The molecule has 4 nitrogen and oxygen atoms in total. The molecule has 1 heterocycles. The summed E-state index contributed by atoms with van der Waals surface area (Å²) in [7, 11) is 0. The fourth-order valence-electron chi connectivity index (χ4n) is 4.26. The molecule has 0 aromatic heterocycles. The number of hydrogen-bond acceptors (Lipinski definition) is 2. The third-order valence-corrected chi connectivity index (χ3v) is 5.87. The van der Waals surface area contributed by atoms with Crippen LogP contribution in [-0.4, -0.2) is 34.7 Å². The molecule has 0 spiro atoms. The van der Waals surface area contributed by atoms with E-state index in [2.05, 4.69) is 56.9 Å². The van der Waals surface area contributed by atoms with Crippen molar-refractivity contribution in [3.63, 3.8) is 0 Å². The molecule has 5 heteroatoms. The molecule has 0 bridgehead atoms. The number of amides is 1.